The van der Waals surface area contributed by atoms with Crippen LogP contribution < -0.4 is 10.2 Å². The molecule has 112 valence electrons. The van der Waals surface area contributed by atoms with E-state index in [0.29, 0.717) is 27.3 Å². The van der Waals surface area contributed by atoms with Crippen molar-refractivity contribution in [2.75, 3.05) is 18.9 Å². The van der Waals surface area contributed by atoms with Gasteiger partial charge in [0.1, 0.15) is 6.54 Å². The number of likely N-dealkylation sites (N-methyl/N-ethyl adjacent to an activating group) is 1. The molecule has 0 aliphatic rings. The maximum Gasteiger partial charge on any atom is 0.279 e. The van der Waals surface area contributed by atoms with Gasteiger partial charge >= 0.3 is 0 Å². The first-order chi connectivity index (χ1) is 9.95. The van der Waals surface area contributed by atoms with Crippen LogP contribution in [0.3, 0.4) is 0 Å². The maximum atomic E-state index is 12.0. The third kappa shape index (κ3) is 4.64. The van der Waals surface area contributed by atoms with Crippen molar-refractivity contribution in [1.82, 2.24) is 0 Å². The van der Waals surface area contributed by atoms with Gasteiger partial charge in [0.25, 0.3) is 5.91 Å². The Hall–Kier alpha value is -1.20. The molecule has 1 aromatic heterocycles. The number of amides is 1. The average Bonchev–Trinajstić information content (AvgIpc) is 2.88. The zero-order valence-corrected chi connectivity index (χ0v) is 13.5. The summed E-state index contributed by atoms with van der Waals surface area (Å²) in [6, 6.07) is 6.72. The van der Waals surface area contributed by atoms with Gasteiger partial charge in [-0.3, -0.25) is 4.79 Å². The molecule has 1 heterocycles. The highest BCUT2D eigenvalue weighted by Gasteiger charge is 2.14. The molecule has 1 amide bonds. The number of quaternary nitrogens is 1. The van der Waals surface area contributed by atoms with E-state index in [1.54, 1.807) is 6.26 Å². The van der Waals surface area contributed by atoms with Gasteiger partial charge in [0.15, 0.2) is 12.3 Å². The van der Waals surface area contributed by atoms with Crippen LogP contribution in [0.4, 0.5) is 5.69 Å². The second-order valence-corrected chi connectivity index (χ2v) is 5.91. The predicted octanol–water partition coefficient (Wildman–Crippen LogP) is 2.89. The molecule has 0 saturated carbocycles. The van der Waals surface area contributed by atoms with Crippen LogP contribution in [-0.4, -0.2) is 19.5 Å². The first-order valence-electron chi connectivity index (χ1n) is 6.24. The molecule has 0 aliphatic heterocycles. The van der Waals surface area contributed by atoms with E-state index in [4.69, 9.17) is 39.2 Å². The van der Waals surface area contributed by atoms with E-state index < -0.39 is 0 Å². The van der Waals surface area contributed by atoms with Crippen LogP contribution in [0.1, 0.15) is 5.76 Å². The van der Waals surface area contributed by atoms with Crippen molar-refractivity contribution in [2.45, 2.75) is 6.54 Å². The summed E-state index contributed by atoms with van der Waals surface area (Å²) in [6.07, 6.45) is 1.61. The van der Waals surface area contributed by atoms with E-state index in [1.165, 1.54) is 12.1 Å². The van der Waals surface area contributed by atoms with Crippen LogP contribution in [0, 0.1) is 0 Å². The third-order valence-corrected chi connectivity index (χ3v) is 3.84. The highest BCUT2D eigenvalue weighted by molar-refractivity contribution is 6.44. The Morgan fingerprint density at radius 2 is 1.95 bits per heavy atom. The molecule has 4 nitrogen and oxygen atoms in total. The number of nitrogens with one attached hydrogen (secondary N) is 2. The van der Waals surface area contributed by atoms with Crippen molar-refractivity contribution in [2.24, 2.45) is 0 Å². The number of hydrogen-bond donors (Lipinski definition) is 2. The zero-order chi connectivity index (χ0) is 15.4. The van der Waals surface area contributed by atoms with Crippen LogP contribution >= 0.6 is 34.8 Å². The molecule has 0 aliphatic carbocycles. The fourth-order valence-corrected chi connectivity index (χ4v) is 2.45. The Kier molecular flexibility index (Phi) is 5.53. The lowest BCUT2D eigenvalue weighted by molar-refractivity contribution is -0.886. The second-order valence-electron chi connectivity index (χ2n) is 4.68. The minimum absolute atomic E-state index is 0.167. The number of anilines is 1. The Labute approximate surface area is 137 Å². The first kappa shape index (κ1) is 16.2. The fourth-order valence-electron chi connectivity index (χ4n) is 1.86. The summed E-state index contributed by atoms with van der Waals surface area (Å²) in [6.45, 7) is 0.896. The van der Waals surface area contributed by atoms with Crippen molar-refractivity contribution in [1.29, 1.82) is 0 Å². The Morgan fingerprint density at radius 3 is 2.62 bits per heavy atom. The number of hydrogen-bond acceptors (Lipinski definition) is 2. The molecule has 2 rings (SSSR count). The molecule has 0 saturated heterocycles. The molecule has 0 radical (unpaired) electrons. The smallest absolute Gasteiger partial charge is 0.279 e. The van der Waals surface area contributed by atoms with E-state index in [9.17, 15) is 4.79 Å². The summed E-state index contributed by atoms with van der Waals surface area (Å²) >= 11 is 17.8. The minimum Gasteiger partial charge on any atom is -0.463 e. The molecule has 21 heavy (non-hydrogen) atoms. The highest BCUT2D eigenvalue weighted by Crippen LogP contribution is 2.32. The van der Waals surface area contributed by atoms with E-state index in [-0.39, 0.29) is 12.5 Å². The van der Waals surface area contributed by atoms with Crippen molar-refractivity contribution >= 4 is 46.4 Å². The quantitative estimate of drug-likeness (QED) is 0.816. The second kappa shape index (κ2) is 7.18. The zero-order valence-electron chi connectivity index (χ0n) is 11.3. The van der Waals surface area contributed by atoms with Crippen molar-refractivity contribution in [3.8, 4) is 0 Å². The molecular weight excluding hydrogens is 335 g/mol. The Bertz CT molecular complexity index is 629. The number of furan rings is 1. The Morgan fingerprint density at radius 1 is 1.24 bits per heavy atom. The summed E-state index contributed by atoms with van der Waals surface area (Å²) < 4.78 is 5.25. The molecular formula is C14H14Cl3N2O2+. The highest BCUT2D eigenvalue weighted by atomic mass is 35.5. The lowest BCUT2D eigenvalue weighted by Crippen LogP contribution is -3.08. The lowest BCUT2D eigenvalue weighted by atomic mass is 10.3. The molecule has 7 heteroatoms. The monoisotopic (exact) mass is 347 g/mol. The van der Waals surface area contributed by atoms with Gasteiger partial charge in [-0.05, 0) is 24.3 Å². The van der Waals surface area contributed by atoms with Gasteiger partial charge < -0.3 is 14.6 Å². The SMILES string of the molecule is C[NH+](CC(=O)Nc1cc(Cl)c(Cl)cc1Cl)Cc1ccco1. The molecule has 2 aromatic rings. The Balaban J connectivity index is 1.94. The average molecular weight is 349 g/mol. The van der Waals surface area contributed by atoms with Crippen LogP contribution in [0.25, 0.3) is 0 Å². The van der Waals surface area contributed by atoms with E-state index in [2.05, 4.69) is 5.32 Å². The van der Waals surface area contributed by atoms with Crippen LogP contribution in [0.5, 0.6) is 0 Å². The molecule has 1 aromatic carbocycles. The first-order valence-corrected chi connectivity index (χ1v) is 7.37. The van der Waals surface area contributed by atoms with Crippen molar-refractivity contribution in [3.63, 3.8) is 0 Å². The lowest BCUT2D eigenvalue weighted by Gasteiger charge is -2.13. The van der Waals surface area contributed by atoms with Gasteiger partial charge in [-0.2, -0.15) is 0 Å². The van der Waals surface area contributed by atoms with Crippen molar-refractivity contribution in [3.05, 3.63) is 51.4 Å². The fraction of sp³-hybridized carbons (Fsp3) is 0.214. The summed E-state index contributed by atoms with van der Waals surface area (Å²) in [5.41, 5.74) is 0.446. The third-order valence-electron chi connectivity index (χ3n) is 2.80. The van der Waals surface area contributed by atoms with Gasteiger partial charge in [0.05, 0.1) is 34.1 Å². The van der Waals surface area contributed by atoms with E-state index in [1.807, 2.05) is 19.2 Å². The van der Waals surface area contributed by atoms with Crippen LogP contribution in [0.15, 0.2) is 34.9 Å². The largest absolute Gasteiger partial charge is 0.463 e. The van der Waals surface area contributed by atoms with Gasteiger partial charge in [-0.1, -0.05) is 34.8 Å². The van der Waals surface area contributed by atoms with E-state index >= 15 is 0 Å². The molecule has 2 N–H and O–H groups in total. The van der Waals surface area contributed by atoms with Gasteiger partial charge in [-0.25, -0.2) is 0 Å². The molecule has 0 bridgehead atoms. The summed E-state index contributed by atoms with van der Waals surface area (Å²) in [5.74, 6) is 0.659. The number of carbonyl (C=O) groups excluding carboxylic acids is 1. The summed E-state index contributed by atoms with van der Waals surface area (Å²) in [7, 11) is 1.90. The normalized spacial score (nSPS) is 12.2. The van der Waals surface area contributed by atoms with Crippen molar-refractivity contribution < 1.29 is 14.1 Å². The standard InChI is InChI=1S/C14H13Cl3N2O2/c1-19(7-9-3-2-4-21-9)8-14(20)18-13-6-11(16)10(15)5-12(13)17/h2-6H,7-8H2,1H3,(H,18,20)/p+1. The summed E-state index contributed by atoms with van der Waals surface area (Å²) in [4.78, 5) is 13.0. The van der Waals surface area contributed by atoms with Gasteiger partial charge in [0, 0.05) is 0 Å². The summed E-state index contributed by atoms with van der Waals surface area (Å²) in [5, 5.41) is 3.76. The molecule has 0 fully saturated rings. The maximum absolute atomic E-state index is 12.0. The number of halogens is 3. The van der Waals surface area contributed by atoms with Crippen LogP contribution in [0.2, 0.25) is 15.1 Å². The molecule has 1 atom stereocenters. The number of benzene rings is 1. The molecule has 0 spiro atoms. The van der Waals surface area contributed by atoms with Gasteiger partial charge in [0.2, 0.25) is 0 Å². The minimum atomic E-state index is -0.167. The molecule has 1 unspecified atom stereocenters. The van der Waals surface area contributed by atoms with Gasteiger partial charge in [-0.15, -0.1) is 0 Å². The number of carbonyl (C=O) groups is 1. The van der Waals surface area contributed by atoms with Crippen LogP contribution in [-0.2, 0) is 11.3 Å². The topological polar surface area (TPSA) is 46.7 Å². The number of rotatable bonds is 5. The predicted molar refractivity (Wildman–Crippen MR) is 84.3 cm³/mol. The van der Waals surface area contributed by atoms with E-state index in [0.717, 1.165) is 10.7 Å².